The monoisotopic (exact) mass is 316 g/mol. The van der Waals surface area contributed by atoms with Crippen molar-refractivity contribution in [3.8, 4) is 12.3 Å². The number of nitrogens with two attached hydrogens (primary N) is 1. The van der Waals surface area contributed by atoms with Gasteiger partial charge in [0, 0.05) is 12.5 Å². The highest BCUT2D eigenvalue weighted by Crippen LogP contribution is 2.15. The van der Waals surface area contributed by atoms with Crippen LogP contribution < -0.4 is 9.86 Å². The second-order valence-corrected chi connectivity index (χ2v) is 7.43. The normalized spacial score (nSPS) is 13.7. The largest absolute Gasteiger partial charge is 0.240 e. The summed E-state index contributed by atoms with van der Waals surface area (Å²) in [7, 11) is -7.80. The molecule has 0 aliphatic heterocycles. The zero-order valence-electron chi connectivity index (χ0n) is 10.9. The lowest BCUT2D eigenvalue weighted by Crippen LogP contribution is -2.34. The molecule has 0 amide bonds. The molecule has 6 nitrogen and oxygen atoms in total. The van der Waals surface area contributed by atoms with Crippen LogP contribution in [-0.2, 0) is 20.0 Å². The average Bonchev–Trinajstić information content (AvgIpc) is 2.37. The van der Waals surface area contributed by atoms with E-state index in [1.807, 2.05) is 0 Å². The van der Waals surface area contributed by atoms with Crippen LogP contribution in [0.1, 0.15) is 19.8 Å². The van der Waals surface area contributed by atoms with Crippen LogP contribution in [0.2, 0.25) is 0 Å². The van der Waals surface area contributed by atoms with Crippen LogP contribution in [-0.4, -0.2) is 22.9 Å². The Morgan fingerprint density at radius 2 is 1.90 bits per heavy atom. The SMILES string of the molecule is C#CCC(CC)NS(=O)(=O)c1cccc(S(N)(=O)=O)c1. The van der Waals surface area contributed by atoms with Gasteiger partial charge in [-0.05, 0) is 24.6 Å². The summed E-state index contributed by atoms with van der Waals surface area (Å²) < 4.78 is 49.2. The minimum absolute atomic E-state index is 0.167. The first-order valence-corrected chi connectivity index (χ1v) is 8.82. The Labute approximate surface area is 119 Å². The summed E-state index contributed by atoms with van der Waals surface area (Å²) in [5, 5.41) is 4.97. The van der Waals surface area contributed by atoms with Crippen LogP contribution >= 0.6 is 0 Å². The van der Waals surface area contributed by atoms with Gasteiger partial charge in [0.2, 0.25) is 20.0 Å². The van der Waals surface area contributed by atoms with E-state index in [1.54, 1.807) is 6.92 Å². The van der Waals surface area contributed by atoms with E-state index in [0.29, 0.717) is 6.42 Å². The van der Waals surface area contributed by atoms with Crippen LogP contribution in [0.3, 0.4) is 0 Å². The maximum atomic E-state index is 12.1. The Morgan fingerprint density at radius 1 is 1.30 bits per heavy atom. The number of rotatable bonds is 6. The van der Waals surface area contributed by atoms with Gasteiger partial charge in [-0.15, -0.1) is 12.3 Å². The number of primary sulfonamides is 1. The van der Waals surface area contributed by atoms with E-state index in [1.165, 1.54) is 18.2 Å². The molecule has 20 heavy (non-hydrogen) atoms. The van der Waals surface area contributed by atoms with E-state index in [0.717, 1.165) is 6.07 Å². The molecule has 1 aromatic carbocycles. The second kappa shape index (κ2) is 6.37. The summed E-state index contributed by atoms with van der Waals surface area (Å²) in [4.78, 5) is -0.426. The van der Waals surface area contributed by atoms with Gasteiger partial charge in [0.15, 0.2) is 0 Å². The zero-order valence-corrected chi connectivity index (χ0v) is 12.5. The molecule has 0 aromatic heterocycles. The molecule has 3 N–H and O–H groups in total. The van der Waals surface area contributed by atoms with Gasteiger partial charge in [-0.1, -0.05) is 13.0 Å². The van der Waals surface area contributed by atoms with Gasteiger partial charge in [-0.3, -0.25) is 0 Å². The van der Waals surface area contributed by atoms with Gasteiger partial charge in [0.05, 0.1) is 9.79 Å². The first kappa shape index (κ1) is 16.7. The molecular formula is C12H16N2O4S2. The number of sulfonamides is 2. The number of hydrogen-bond acceptors (Lipinski definition) is 4. The van der Waals surface area contributed by atoms with Crippen LogP contribution in [0.15, 0.2) is 34.1 Å². The van der Waals surface area contributed by atoms with Crippen LogP contribution in [0.4, 0.5) is 0 Å². The molecule has 0 fully saturated rings. The van der Waals surface area contributed by atoms with Crippen LogP contribution in [0, 0.1) is 12.3 Å². The summed E-state index contributed by atoms with van der Waals surface area (Å²) in [5.74, 6) is 2.39. The molecule has 0 spiro atoms. The predicted octanol–water partition coefficient (Wildman–Crippen LogP) is 0.414. The van der Waals surface area contributed by atoms with Crippen molar-refractivity contribution < 1.29 is 16.8 Å². The fourth-order valence-electron chi connectivity index (χ4n) is 1.52. The fraction of sp³-hybridized carbons (Fsp3) is 0.333. The quantitative estimate of drug-likeness (QED) is 0.741. The van der Waals surface area contributed by atoms with Gasteiger partial charge in [0.25, 0.3) is 0 Å². The first-order valence-electron chi connectivity index (χ1n) is 5.79. The Kier molecular flexibility index (Phi) is 5.30. The summed E-state index contributed by atoms with van der Waals surface area (Å²) in [6.45, 7) is 1.80. The predicted molar refractivity (Wildman–Crippen MR) is 75.7 cm³/mol. The lowest BCUT2D eigenvalue weighted by atomic mass is 10.2. The highest BCUT2D eigenvalue weighted by Gasteiger charge is 2.20. The lowest BCUT2D eigenvalue weighted by Gasteiger charge is -2.14. The fourth-order valence-corrected chi connectivity index (χ4v) is 3.52. The molecule has 1 atom stereocenters. The molecule has 0 bridgehead atoms. The van der Waals surface area contributed by atoms with Crippen molar-refractivity contribution in [2.45, 2.75) is 35.6 Å². The van der Waals surface area contributed by atoms with E-state index in [4.69, 9.17) is 11.6 Å². The highest BCUT2D eigenvalue weighted by molar-refractivity contribution is 7.90. The van der Waals surface area contributed by atoms with E-state index >= 15 is 0 Å². The van der Waals surface area contributed by atoms with E-state index in [-0.39, 0.29) is 16.2 Å². The number of hydrogen-bond donors (Lipinski definition) is 2. The van der Waals surface area contributed by atoms with Gasteiger partial charge in [-0.25, -0.2) is 26.7 Å². The van der Waals surface area contributed by atoms with Crippen molar-refractivity contribution in [1.29, 1.82) is 0 Å². The summed E-state index contributed by atoms with van der Waals surface area (Å²) in [6, 6.07) is 4.45. The lowest BCUT2D eigenvalue weighted by molar-refractivity contribution is 0.544. The molecule has 0 heterocycles. The molecular weight excluding hydrogens is 300 g/mol. The molecule has 0 radical (unpaired) electrons. The van der Waals surface area contributed by atoms with Crippen molar-refractivity contribution in [1.82, 2.24) is 4.72 Å². The van der Waals surface area contributed by atoms with Crippen LogP contribution in [0.25, 0.3) is 0 Å². The van der Waals surface area contributed by atoms with Crippen LogP contribution in [0.5, 0.6) is 0 Å². The maximum absolute atomic E-state index is 12.1. The van der Waals surface area contributed by atoms with Crippen molar-refractivity contribution in [3.63, 3.8) is 0 Å². The molecule has 0 saturated heterocycles. The molecule has 0 aliphatic rings. The van der Waals surface area contributed by atoms with Gasteiger partial charge >= 0.3 is 0 Å². The molecule has 1 aromatic rings. The standard InChI is InChI=1S/C12H16N2O4S2/c1-3-6-10(4-2)14-20(17,18)12-8-5-7-11(9-12)19(13,15)16/h1,5,7-10,14H,4,6H2,2H3,(H2,13,15,16). The molecule has 1 rings (SSSR count). The van der Waals surface area contributed by atoms with Gasteiger partial charge in [0.1, 0.15) is 0 Å². The summed E-state index contributed by atoms with van der Waals surface area (Å²) in [5.41, 5.74) is 0. The number of benzene rings is 1. The van der Waals surface area contributed by atoms with Gasteiger partial charge in [-0.2, -0.15) is 0 Å². The second-order valence-electron chi connectivity index (χ2n) is 4.15. The maximum Gasteiger partial charge on any atom is 0.240 e. The molecule has 0 aliphatic carbocycles. The van der Waals surface area contributed by atoms with Crippen molar-refractivity contribution in [2.75, 3.05) is 0 Å². The molecule has 1 unspecified atom stereocenters. The average molecular weight is 316 g/mol. The summed E-state index contributed by atoms with van der Waals surface area (Å²) in [6.07, 6.45) is 5.94. The Morgan fingerprint density at radius 3 is 2.40 bits per heavy atom. The Balaban J connectivity index is 3.14. The zero-order chi connectivity index (χ0) is 15.4. The van der Waals surface area contributed by atoms with E-state index in [2.05, 4.69) is 10.6 Å². The van der Waals surface area contributed by atoms with Crippen molar-refractivity contribution in [2.24, 2.45) is 5.14 Å². The van der Waals surface area contributed by atoms with E-state index < -0.39 is 26.1 Å². The number of terminal acetylenes is 1. The Bertz CT molecular complexity index is 718. The van der Waals surface area contributed by atoms with Crippen molar-refractivity contribution >= 4 is 20.0 Å². The first-order chi connectivity index (χ1) is 9.20. The third-order valence-electron chi connectivity index (χ3n) is 2.62. The molecule has 0 saturated carbocycles. The third kappa shape index (κ3) is 4.31. The van der Waals surface area contributed by atoms with E-state index in [9.17, 15) is 16.8 Å². The minimum Gasteiger partial charge on any atom is -0.225 e. The third-order valence-corrected chi connectivity index (χ3v) is 5.05. The summed E-state index contributed by atoms with van der Waals surface area (Å²) >= 11 is 0. The number of nitrogens with one attached hydrogen (secondary N) is 1. The molecule has 8 heteroatoms. The highest BCUT2D eigenvalue weighted by atomic mass is 32.2. The Hall–Kier alpha value is -1.40. The van der Waals surface area contributed by atoms with Crippen molar-refractivity contribution in [3.05, 3.63) is 24.3 Å². The topological polar surface area (TPSA) is 106 Å². The minimum atomic E-state index is -3.95. The smallest absolute Gasteiger partial charge is 0.225 e. The molecule has 110 valence electrons. The van der Waals surface area contributed by atoms with Gasteiger partial charge < -0.3 is 0 Å².